The van der Waals surface area contributed by atoms with E-state index in [1.54, 1.807) is 24.3 Å². The maximum absolute atomic E-state index is 14.6. The van der Waals surface area contributed by atoms with Gasteiger partial charge >= 0.3 is 0 Å². The average molecular weight is 452 g/mol. The first-order valence-electron chi connectivity index (χ1n) is 10.4. The van der Waals surface area contributed by atoms with Crippen LogP contribution in [0.5, 0.6) is 11.5 Å². The molecule has 0 radical (unpaired) electrons. The molecule has 1 amide bonds. The van der Waals surface area contributed by atoms with Crippen molar-refractivity contribution in [1.29, 1.82) is 0 Å². The number of aromatic nitrogens is 1. The van der Waals surface area contributed by atoms with Gasteiger partial charge in [0.25, 0.3) is 0 Å². The van der Waals surface area contributed by atoms with E-state index in [4.69, 9.17) is 9.47 Å². The Balaban J connectivity index is 1.40. The standard InChI is InChI=1S/C25H22F2N2O4/c1-15(30)29-25-12-22(6-7-28-25)33-21-4-2-17(24(27)11-21)9-20(31)10-18-8-16(3-5-23(18)26)19-13-32-14-19/h2-8,11-12,19H,9-10,13-14H2,1H3,(H,28,29,30). The first kappa shape index (κ1) is 22.5. The number of nitrogens with zero attached hydrogens (tertiary/aromatic N) is 1. The average Bonchev–Trinajstić information content (AvgIpc) is 2.71. The molecule has 0 bridgehead atoms. The molecule has 1 saturated heterocycles. The Hall–Kier alpha value is -3.65. The van der Waals surface area contributed by atoms with E-state index >= 15 is 0 Å². The summed E-state index contributed by atoms with van der Waals surface area (Å²) < 4.78 is 39.6. The minimum atomic E-state index is -0.599. The summed E-state index contributed by atoms with van der Waals surface area (Å²) in [4.78, 5) is 27.7. The molecular formula is C25H22F2N2O4. The number of hydrogen-bond acceptors (Lipinski definition) is 5. The van der Waals surface area contributed by atoms with Crippen LogP contribution in [0, 0.1) is 11.6 Å². The summed E-state index contributed by atoms with van der Waals surface area (Å²) in [5.41, 5.74) is 1.44. The van der Waals surface area contributed by atoms with Crippen molar-refractivity contribution in [2.75, 3.05) is 18.5 Å². The molecule has 2 aromatic carbocycles. The largest absolute Gasteiger partial charge is 0.457 e. The molecule has 8 heteroatoms. The number of hydrogen-bond donors (Lipinski definition) is 1. The molecule has 1 N–H and O–H groups in total. The number of ether oxygens (including phenoxy) is 2. The van der Waals surface area contributed by atoms with Crippen LogP contribution in [0.25, 0.3) is 0 Å². The van der Waals surface area contributed by atoms with Gasteiger partial charge in [-0.15, -0.1) is 0 Å². The van der Waals surface area contributed by atoms with Gasteiger partial charge in [0.05, 0.1) is 13.2 Å². The van der Waals surface area contributed by atoms with E-state index in [1.807, 2.05) is 0 Å². The highest BCUT2D eigenvalue weighted by molar-refractivity contribution is 5.87. The van der Waals surface area contributed by atoms with Crippen molar-refractivity contribution in [2.24, 2.45) is 0 Å². The third-order valence-corrected chi connectivity index (χ3v) is 5.25. The minimum absolute atomic E-state index is 0.117. The monoisotopic (exact) mass is 452 g/mol. The van der Waals surface area contributed by atoms with Gasteiger partial charge < -0.3 is 14.8 Å². The molecule has 0 saturated carbocycles. The number of anilines is 1. The topological polar surface area (TPSA) is 77.5 Å². The first-order chi connectivity index (χ1) is 15.9. The van der Waals surface area contributed by atoms with Gasteiger partial charge in [-0.2, -0.15) is 0 Å². The smallest absolute Gasteiger partial charge is 0.222 e. The molecule has 0 atom stereocenters. The lowest BCUT2D eigenvalue weighted by Gasteiger charge is -2.26. The third-order valence-electron chi connectivity index (χ3n) is 5.25. The Morgan fingerprint density at radius 1 is 1.00 bits per heavy atom. The number of ketones is 1. The van der Waals surface area contributed by atoms with Crippen LogP contribution < -0.4 is 10.1 Å². The van der Waals surface area contributed by atoms with Crippen LogP contribution in [0.4, 0.5) is 14.6 Å². The fourth-order valence-corrected chi connectivity index (χ4v) is 3.49. The number of carbonyl (C=O) groups excluding carboxylic acids is 2. The van der Waals surface area contributed by atoms with E-state index in [1.165, 1.54) is 37.4 Å². The van der Waals surface area contributed by atoms with Crippen LogP contribution in [0.1, 0.15) is 29.5 Å². The third kappa shape index (κ3) is 5.78. The zero-order valence-electron chi connectivity index (χ0n) is 17.9. The van der Waals surface area contributed by atoms with E-state index in [-0.39, 0.29) is 41.8 Å². The van der Waals surface area contributed by atoms with Crippen LogP contribution in [0.15, 0.2) is 54.7 Å². The number of halogens is 2. The van der Waals surface area contributed by atoms with Crippen LogP contribution in [-0.2, 0) is 27.2 Å². The Morgan fingerprint density at radius 3 is 2.45 bits per heavy atom. The lowest BCUT2D eigenvalue weighted by Crippen LogP contribution is -2.25. The van der Waals surface area contributed by atoms with Crippen LogP contribution in [0.3, 0.4) is 0 Å². The van der Waals surface area contributed by atoms with Gasteiger partial charge in [0, 0.05) is 44.0 Å². The molecule has 170 valence electrons. The van der Waals surface area contributed by atoms with Gasteiger partial charge in [0.1, 0.15) is 34.7 Å². The van der Waals surface area contributed by atoms with Gasteiger partial charge in [-0.1, -0.05) is 18.2 Å². The van der Waals surface area contributed by atoms with Crippen molar-refractivity contribution in [2.45, 2.75) is 25.7 Å². The Bertz CT molecular complexity index is 1190. The predicted molar refractivity (Wildman–Crippen MR) is 117 cm³/mol. The maximum Gasteiger partial charge on any atom is 0.222 e. The molecular weight excluding hydrogens is 430 g/mol. The van der Waals surface area contributed by atoms with Crippen molar-refractivity contribution in [3.05, 3.63) is 83.1 Å². The normalized spacial score (nSPS) is 13.3. The second-order valence-electron chi connectivity index (χ2n) is 7.89. The molecule has 0 aliphatic carbocycles. The lowest BCUT2D eigenvalue weighted by atomic mass is 9.93. The molecule has 33 heavy (non-hydrogen) atoms. The van der Waals surface area contributed by atoms with E-state index in [0.717, 1.165) is 5.56 Å². The molecule has 1 aliphatic rings. The summed E-state index contributed by atoms with van der Waals surface area (Å²) >= 11 is 0. The highest BCUT2D eigenvalue weighted by Gasteiger charge is 2.22. The summed E-state index contributed by atoms with van der Waals surface area (Å²) in [5.74, 6) is -0.497. The SMILES string of the molecule is CC(=O)Nc1cc(Oc2ccc(CC(=O)Cc3cc(C4COC4)ccc3F)c(F)c2)ccn1. The van der Waals surface area contributed by atoms with Crippen molar-refractivity contribution < 1.29 is 27.8 Å². The zero-order valence-corrected chi connectivity index (χ0v) is 17.9. The number of amides is 1. The van der Waals surface area contributed by atoms with E-state index < -0.39 is 11.6 Å². The van der Waals surface area contributed by atoms with Crippen molar-refractivity contribution in [3.8, 4) is 11.5 Å². The van der Waals surface area contributed by atoms with Gasteiger partial charge in [0.2, 0.25) is 5.91 Å². The van der Waals surface area contributed by atoms with Crippen molar-refractivity contribution in [1.82, 2.24) is 4.98 Å². The van der Waals surface area contributed by atoms with Crippen molar-refractivity contribution >= 4 is 17.5 Å². The Morgan fingerprint density at radius 2 is 1.76 bits per heavy atom. The Kier molecular flexibility index (Phi) is 6.74. The molecule has 6 nitrogen and oxygen atoms in total. The molecule has 3 aromatic rings. The summed E-state index contributed by atoms with van der Waals surface area (Å²) in [6, 6.07) is 12.0. The van der Waals surface area contributed by atoms with E-state index in [0.29, 0.717) is 30.3 Å². The highest BCUT2D eigenvalue weighted by atomic mass is 19.1. The summed E-state index contributed by atoms with van der Waals surface area (Å²) in [7, 11) is 0. The van der Waals surface area contributed by atoms with Gasteiger partial charge in [0.15, 0.2) is 0 Å². The minimum Gasteiger partial charge on any atom is -0.457 e. The number of pyridine rings is 1. The predicted octanol–water partition coefficient (Wildman–Crippen LogP) is 4.58. The summed E-state index contributed by atoms with van der Waals surface area (Å²) in [6.45, 7) is 2.54. The fraction of sp³-hybridized carbons (Fsp3) is 0.240. The maximum atomic E-state index is 14.6. The molecule has 1 fully saturated rings. The van der Waals surface area contributed by atoms with Crippen molar-refractivity contribution in [3.63, 3.8) is 0 Å². The van der Waals surface area contributed by atoms with Crippen LogP contribution in [-0.4, -0.2) is 29.9 Å². The summed E-state index contributed by atoms with van der Waals surface area (Å²) in [5, 5.41) is 2.54. The highest BCUT2D eigenvalue weighted by Crippen LogP contribution is 2.27. The number of carbonyl (C=O) groups is 2. The number of Topliss-reactive ketones (excluding diaryl/α,β-unsaturated/α-hetero) is 1. The first-order valence-corrected chi connectivity index (χ1v) is 10.4. The Labute approximate surface area is 189 Å². The molecule has 0 unspecified atom stereocenters. The lowest BCUT2D eigenvalue weighted by molar-refractivity contribution is -0.118. The molecule has 1 aliphatic heterocycles. The molecule has 2 heterocycles. The second-order valence-corrected chi connectivity index (χ2v) is 7.89. The van der Waals surface area contributed by atoms with E-state index in [9.17, 15) is 18.4 Å². The van der Waals surface area contributed by atoms with Gasteiger partial charge in [-0.3, -0.25) is 9.59 Å². The van der Waals surface area contributed by atoms with E-state index in [2.05, 4.69) is 10.3 Å². The fourth-order valence-electron chi connectivity index (χ4n) is 3.49. The molecule has 1 aromatic heterocycles. The molecule has 0 spiro atoms. The quantitative estimate of drug-likeness (QED) is 0.542. The summed E-state index contributed by atoms with van der Waals surface area (Å²) in [6.07, 6.45) is 1.17. The number of rotatable bonds is 8. The number of benzene rings is 2. The zero-order chi connectivity index (χ0) is 23.4. The second kappa shape index (κ2) is 9.87. The number of nitrogens with one attached hydrogen (secondary N) is 1. The van der Waals surface area contributed by atoms with Gasteiger partial charge in [-0.25, -0.2) is 13.8 Å². The van der Waals surface area contributed by atoms with Crippen LogP contribution in [0.2, 0.25) is 0 Å². The molecule has 4 rings (SSSR count). The van der Waals surface area contributed by atoms with Gasteiger partial charge in [-0.05, 0) is 34.9 Å². The van der Waals surface area contributed by atoms with Crippen LogP contribution >= 0.6 is 0 Å².